The molecule has 0 aliphatic rings. The molecule has 0 heterocycles. The number of carbonyl (C=O) groups excluding carboxylic acids is 1. The zero-order chi connectivity index (χ0) is 11.3. The van der Waals surface area contributed by atoms with E-state index in [-0.39, 0.29) is 17.7 Å². The molecule has 0 radical (unpaired) electrons. The van der Waals surface area contributed by atoms with Gasteiger partial charge in [-0.2, -0.15) is 0 Å². The average Bonchev–Trinajstić information content (AvgIpc) is 2.02. The third-order valence-corrected chi connectivity index (χ3v) is 2.38. The largest absolute Gasteiger partial charge is 0.480 e. The predicted molar refractivity (Wildman–Crippen MR) is 53.9 cm³/mol. The predicted octanol–water partition coefficient (Wildman–Crippen LogP) is 1.26. The summed E-state index contributed by atoms with van der Waals surface area (Å²) in [5, 5.41) is 11.4. The molecule has 0 aromatic carbocycles. The lowest BCUT2D eigenvalue weighted by Crippen LogP contribution is -2.46. The molecule has 0 aliphatic carbocycles. The van der Waals surface area contributed by atoms with E-state index in [2.05, 4.69) is 5.32 Å². The van der Waals surface area contributed by atoms with E-state index in [0.717, 1.165) is 6.42 Å². The van der Waals surface area contributed by atoms with Gasteiger partial charge in [-0.3, -0.25) is 4.79 Å². The maximum absolute atomic E-state index is 10.9. The quantitative estimate of drug-likeness (QED) is 0.703. The van der Waals surface area contributed by atoms with Crippen molar-refractivity contribution in [1.82, 2.24) is 5.32 Å². The minimum absolute atomic E-state index is 0.0172. The molecule has 0 aromatic heterocycles. The Morgan fingerprint density at radius 2 is 1.86 bits per heavy atom. The third kappa shape index (κ3) is 3.77. The Morgan fingerprint density at radius 3 is 2.07 bits per heavy atom. The van der Waals surface area contributed by atoms with Gasteiger partial charge in [-0.05, 0) is 11.8 Å². The van der Waals surface area contributed by atoms with Crippen molar-refractivity contribution < 1.29 is 14.7 Å². The molecule has 0 saturated heterocycles. The first-order chi connectivity index (χ1) is 6.40. The van der Waals surface area contributed by atoms with Gasteiger partial charge in [0.15, 0.2) is 0 Å². The van der Waals surface area contributed by atoms with E-state index in [4.69, 9.17) is 5.11 Å². The van der Waals surface area contributed by atoms with Crippen LogP contribution in [0.15, 0.2) is 0 Å². The van der Waals surface area contributed by atoms with Gasteiger partial charge in [-0.25, -0.2) is 4.79 Å². The van der Waals surface area contributed by atoms with Crippen molar-refractivity contribution >= 4 is 11.9 Å². The molecule has 0 spiro atoms. The molecule has 0 fully saturated rings. The van der Waals surface area contributed by atoms with Gasteiger partial charge in [0.25, 0.3) is 0 Å². The smallest absolute Gasteiger partial charge is 0.326 e. The molecule has 0 aromatic rings. The van der Waals surface area contributed by atoms with Crippen molar-refractivity contribution in [2.24, 2.45) is 11.8 Å². The number of hydrogen-bond acceptors (Lipinski definition) is 2. The second-order valence-electron chi connectivity index (χ2n) is 3.83. The van der Waals surface area contributed by atoms with Gasteiger partial charge < -0.3 is 10.4 Å². The van der Waals surface area contributed by atoms with Crippen molar-refractivity contribution in [3.63, 3.8) is 0 Å². The molecule has 82 valence electrons. The van der Waals surface area contributed by atoms with Crippen LogP contribution in [0.2, 0.25) is 0 Å². The minimum Gasteiger partial charge on any atom is -0.480 e. The van der Waals surface area contributed by atoms with Crippen LogP contribution in [0.25, 0.3) is 0 Å². The molecular formula is C10H19NO3. The summed E-state index contributed by atoms with van der Waals surface area (Å²) in [6.45, 7) is 7.20. The first-order valence-corrected chi connectivity index (χ1v) is 4.90. The monoisotopic (exact) mass is 201 g/mol. The third-order valence-electron chi connectivity index (χ3n) is 2.38. The van der Waals surface area contributed by atoms with Crippen LogP contribution in [0.1, 0.15) is 34.1 Å². The number of hydrogen-bond donors (Lipinski definition) is 2. The van der Waals surface area contributed by atoms with Gasteiger partial charge in [-0.15, -0.1) is 0 Å². The van der Waals surface area contributed by atoms with Gasteiger partial charge in [-0.1, -0.05) is 27.2 Å². The first-order valence-electron chi connectivity index (χ1n) is 4.90. The van der Waals surface area contributed by atoms with E-state index in [9.17, 15) is 9.59 Å². The normalized spacial score (nSPS) is 14.9. The molecule has 0 rings (SSSR count). The Balaban J connectivity index is 4.60. The molecule has 2 atom stereocenters. The van der Waals surface area contributed by atoms with E-state index in [1.165, 1.54) is 6.92 Å². The SMILES string of the molecule is CCC(C(C)C)[C@H](NC(C)=O)C(=O)O. The summed E-state index contributed by atoms with van der Waals surface area (Å²) >= 11 is 0. The van der Waals surface area contributed by atoms with Gasteiger partial charge >= 0.3 is 5.97 Å². The van der Waals surface area contributed by atoms with E-state index in [0.29, 0.717) is 0 Å². The Bertz CT molecular complexity index is 213. The highest BCUT2D eigenvalue weighted by molar-refractivity contribution is 5.82. The highest BCUT2D eigenvalue weighted by Gasteiger charge is 2.29. The van der Waals surface area contributed by atoms with Crippen molar-refractivity contribution in [3.8, 4) is 0 Å². The maximum atomic E-state index is 10.9. The molecular weight excluding hydrogens is 182 g/mol. The van der Waals surface area contributed by atoms with Crippen LogP contribution >= 0.6 is 0 Å². The highest BCUT2D eigenvalue weighted by Crippen LogP contribution is 2.19. The molecule has 0 bridgehead atoms. The summed E-state index contributed by atoms with van der Waals surface area (Å²) in [7, 11) is 0. The van der Waals surface area contributed by atoms with Crippen LogP contribution in [0.5, 0.6) is 0 Å². The first kappa shape index (κ1) is 12.9. The van der Waals surface area contributed by atoms with Crippen LogP contribution in [-0.2, 0) is 9.59 Å². The number of amides is 1. The Labute approximate surface area is 84.7 Å². The molecule has 2 N–H and O–H groups in total. The summed E-state index contributed by atoms with van der Waals surface area (Å²) < 4.78 is 0. The van der Waals surface area contributed by atoms with E-state index in [1.54, 1.807) is 0 Å². The van der Waals surface area contributed by atoms with E-state index < -0.39 is 12.0 Å². The average molecular weight is 201 g/mol. The van der Waals surface area contributed by atoms with E-state index in [1.807, 2.05) is 20.8 Å². The van der Waals surface area contributed by atoms with Gasteiger partial charge in [0.2, 0.25) is 5.91 Å². The molecule has 0 saturated carbocycles. The van der Waals surface area contributed by atoms with Crippen LogP contribution in [0, 0.1) is 11.8 Å². The molecule has 4 heteroatoms. The second kappa shape index (κ2) is 5.62. The Hall–Kier alpha value is -1.06. The van der Waals surface area contributed by atoms with Crippen molar-refractivity contribution in [2.45, 2.75) is 40.2 Å². The summed E-state index contributed by atoms with van der Waals surface area (Å²) in [5.74, 6) is -1.03. The second-order valence-corrected chi connectivity index (χ2v) is 3.83. The molecule has 1 amide bonds. The van der Waals surface area contributed by atoms with Crippen LogP contribution in [0.4, 0.5) is 0 Å². The fourth-order valence-corrected chi connectivity index (χ4v) is 1.66. The minimum atomic E-state index is -0.958. The van der Waals surface area contributed by atoms with Gasteiger partial charge in [0.1, 0.15) is 6.04 Å². The lowest BCUT2D eigenvalue weighted by Gasteiger charge is -2.26. The molecule has 0 aliphatic heterocycles. The summed E-state index contributed by atoms with van der Waals surface area (Å²) in [4.78, 5) is 21.8. The Kier molecular flexibility index (Phi) is 5.20. The van der Waals surface area contributed by atoms with E-state index >= 15 is 0 Å². The van der Waals surface area contributed by atoms with Crippen molar-refractivity contribution in [3.05, 3.63) is 0 Å². The lowest BCUT2D eigenvalue weighted by molar-refractivity contribution is -0.143. The molecule has 1 unspecified atom stereocenters. The number of carboxylic acids is 1. The summed E-state index contributed by atoms with van der Waals surface area (Å²) in [5.41, 5.74) is 0. The van der Waals surface area contributed by atoms with Crippen LogP contribution < -0.4 is 5.32 Å². The Morgan fingerprint density at radius 1 is 1.36 bits per heavy atom. The number of nitrogens with one attached hydrogen (secondary N) is 1. The fraction of sp³-hybridized carbons (Fsp3) is 0.800. The van der Waals surface area contributed by atoms with Crippen LogP contribution in [0.3, 0.4) is 0 Å². The van der Waals surface area contributed by atoms with Crippen molar-refractivity contribution in [1.29, 1.82) is 0 Å². The van der Waals surface area contributed by atoms with Gasteiger partial charge in [0.05, 0.1) is 0 Å². The number of carboxylic acid groups (broad SMARTS) is 1. The number of aliphatic carboxylic acids is 1. The topological polar surface area (TPSA) is 66.4 Å². The zero-order valence-corrected chi connectivity index (χ0v) is 9.20. The maximum Gasteiger partial charge on any atom is 0.326 e. The highest BCUT2D eigenvalue weighted by atomic mass is 16.4. The number of rotatable bonds is 5. The van der Waals surface area contributed by atoms with Gasteiger partial charge in [0, 0.05) is 6.92 Å². The zero-order valence-electron chi connectivity index (χ0n) is 9.20. The summed E-state index contributed by atoms with van der Waals surface area (Å²) in [6.07, 6.45) is 0.745. The van der Waals surface area contributed by atoms with Crippen LogP contribution in [-0.4, -0.2) is 23.0 Å². The molecule has 14 heavy (non-hydrogen) atoms. The van der Waals surface area contributed by atoms with Crippen molar-refractivity contribution in [2.75, 3.05) is 0 Å². The fourth-order valence-electron chi connectivity index (χ4n) is 1.66. The molecule has 4 nitrogen and oxygen atoms in total. The number of carbonyl (C=O) groups is 2. The standard InChI is InChI=1S/C10H19NO3/c1-5-8(6(2)3)9(10(13)14)11-7(4)12/h6,8-9H,5H2,1-4H3,(H,11,12)(H,13,14)/t8?,9-/m0/s1. The lowest BCUT2D eigenvalue weighted by atomic mass is 9.86. The summed E-state index contributed by atoms with van der Waals surface area (Å²) in [6, 6.07) is -0.766.